The van der Waals surface area contributed by atoms with Crippen LogP contribution in [0.3, 0.4) is 0 Å². The molecule has 2 fully saturated rings. The molecule has 0 saturated carbocycles. The van der Waals surface area contributed by atoms with Gasteiger partial charge in [0.1, 0.15) is 0 Å². The van der Waals surface area contributed by atoms with E-state index in [9.17, 15) is 4.79 Å². The molecule has 0 aromatic heterocycles. The fourth-order valence-corrected chi connectivity index (χ4v) is 4.29. The number of hydrogen-bond donors (Lipinski definition) is 1. The van der Waals surface area contributed by atoms with E-state index in [1.54, 1.807) is 0 Å². The van der Waals surface area contributed by atoms with Gasteiger partial charge < -0.3 is 10.2 Å². The van der Waals surface area contributed by atoms with Gasteiger partial charge in [-0.3, -0.25) is 4.79 Å². The molecule has 2 rings (SSSR count). The summed E-state index contributed by atoms with van der Waals surface area (Å²) in [5.74, 6) is 2.11. The number of amides is 1. The quantitative estimate of drug-likeness (QED) is 0.842. The van der Waals surface area contributed by atoms with Gasteiger partial charge in [0.25, 0.3) is 0 Å². The van der Waals surface area contributed by atoms with E-state index in [1.165, 1.54) is 25.7 Å². The molecule has 2 unspecified atom stereocenters. The van der Waals surface area contributed by atoms with Crippen LogP contribution < -0.4 is 5.32 Å². The zero-order valence-corrected chi connectivity index (χ0v) is 13.2. The van der Waals surface area contributed by atoms with E-state index in [0.717, 1.165) is 31.8 Å². The number of rotatable bonds is 5. The van der Waals surface area contributed by atoms with Crippen molar-refractivity contribution in [2.75, 3.05) is 25.4 Å². The van der Waals surface area contributed by atoms with E-state index in [2.05, 4.69) is 24.1 Å². The number of thioether (sulfide) groups is 1. The topological polar surface area (TPSA) is 32.3 Å². The van der Waals surface area contributed by atoms with Crippen LogP contribution in [-0.2, 0) is 4.79 Å². The van der Waals surface area contributed by atoms with Crippen molar-refractivity contribution in [3.63, 3.8) is 0 Å². The average molecular weight is 284 g/mol. The zero-order valence-electron chi connectivity index (χ0n) is 12.4. The molecule has 2 atom stereocenters. The molecule has 2 heterocycles. The highest BCUT2D eigenvalue weighted by Gasteiger charge is 2.29. The summed E-state index contributed by atoms with van der Waals surface area (Å²) in [6, 6.07) is 0.524. The minimum Gasteiger partial charge on any atom is -0.340 e. The second-order valence-corrected chi connectivity index (χ2v) is 7.60. The molecule has 19 heavy (non-hydrogen) atoms. The summed E-state index contributed by atoms with van der Waals surface area (Å²) < 4.78 is 0. The molecule has 2 aliphatic heterocycles. The molecule has 0 aliphatic carbocycles. The first-order valence-electron chi connectivity index (χ1n) is 7.80. The molecule has 0 aromatic rings. The summed E-state index contributed by atoms with van der Waals surface area (Å²) in [5, 5.41) is 3.75. The fourth-order valence-electron chi connectivity index (χ4n) is 3.01. The highest BCUT2D eigenvalue weighted by atomic mass is 32.2. The molecule has 0 radical (unpaired) electrons. The van der Waals surface area contributed by atoms with E-state index in [-0.39, 0.29) is 5.25 Å². The Labute approximate surface area is 121 Å². The van der Waals surface area contributed by atoms with Crippen LogP contribution in [0.15, 0.2) is 0 Å². The second-order valence-electron chi connectivity index (χ2n) is 6.29. The summed E-state index contributed by atoms with van der Waals surface area (Å²) in [6.45, 7) is 7.35. The molecule has 1 N–H and O–H groups in total. The van der Waals surface area contributed by atoms with Crippen LogP contribution in [0.25, 0.3) is 0 Å². The van der Waals surface area contributed by atoms with Crippen molar-refractivity contribution in [2.24, 2.45) is 5.92 Å². The Bertz CT molecular complexity index is 284. The second kappa shape index (κ2) is 7.53. The Hall–Kier alpha value is -0.220. The number of nitrogens with zero attached hydrogens (tertiary/aromatic N) is 1. The van der Waals surface area contributed by atoms with Crippen molar-refractivity contribution in [2.45, 2.75) is 57.2 Å². The molecule has 3 nitrogen and oxygen atoms in total. The lowest BCUT2D eigenvalue weighted by Gasteiger charge is -2.32. The van der Waals surface area contributed by atoms with Gasteiger partial charge in [0.05, 0.1) is 5.25 Å². The lowest BCUT2D eigenvalue weighted by molar-refractivity contribution is -0.131. The summed E-state index contributed by atoms with van der Waals surface area (Å²) in [7, 11) is 0. The first-order chi connectivity index (χ1) is 9.16. The van der Waals surface area contributed by atoms with Crippen LogP contribution in [0.5, 0.6) is 0 Å². The van der Waals surface area contributed by atoms with E-state index in [4.69, 9.17) is 0 Å². The molecule has 110 valence electrons. The van der Waals surface area contributed by atoms with Gasteiger partial charge in [-0.15, -0.1) is 11.8 Å². The SMILES string of the molecule is CC(C)CN(CC1CCCN1)C(=O)C1CCCCS1. The van der Waals surface area contributed by atoms with Crippen molar-refractivity contribution in [3.8, 4) is 0 Å². The average Bonchev–Trinajstić information content (AvgIpc) is 2.90. The predicted octanol–water partition coefficient (Wildman–Crippen LogP) is 2.51. The highest BCUT2D eigenvalue weighted by Crippen LogP contribution is 2.27. The fraction of sp³-hybridized carbons (Fsp3) is 0.933. The monoisotopic (exact) mass is 284 g/mol. The minimum atomic E-state index is 0.230. The third kappa shape index (κ3) is 4.67. The van der Waals surface area contributed by atoms with Crippen LogP contribution in [-0.4, -0.2) is 47.5 Å². The molecule has 0 spiro atoms. The first-order valence-corrected chi connectivity index (χ1v) is 8.85. The van der Waals surface area contributed by atoms with Gasteiger partial charge in [0.15, 0.2) is 0 Å². The van der Waals surface area contributed by atoms with Gasteiger partial charge >= 0.3 is 0 Å². The maximum Gasteiger partial charge on any atom is 0.235 e. The highest BCUT2D eigenvalue weighted by molar-refractivity contribution is 8.00. The van der Waals surface area contributed by atoms with E-state index in [1.807, 2.05) is 11.8 Å². The number of carbonyl (C=O) groups is 1. The lowest BCUT2D eigenvalue weighted by atomic mass is 10.1. The Balaban J connectivity index is 1.92. The van der Waals surface area contributed by atoms with Crippen LogP contribution in [0.4, 0.5) is 0 Å². The number of carbonyl (C=O) groups excluding carboxylic acids is 1. The van der Waals surface area contributed by atoms with Crippen LogP contribution in [0.2, 0.25) is 0 Å². The van der Waals surface area contributed by atoms with Crippen LogP contribution in [0, 0.1) is 5.92 Å². The van der Waals surface area contributed by atoms with Crippen LogP contribution >= 0.6 is 11.8 Å². The maximum absolute atomic E-state index is 12.7. The smallest absolute Gasteiger partial charge is 0.235 e. The van der Waals surface area contributed by atoms with Gasteiger partial charge in [-0.1, -0.05) is 20.3 Å². The summed E-state index contributed by atoms with van der Waals surface area (Å²) >= 11 is 1.87. The standard InChI is InChI=1S/C15H28N2OS/c1-12(2)10-17(11-13-6-5-8-16-13)15(18)14-7-3-4-9-19-14/h12-14,16H,3-11H2,1-2H3. The van der Waals surface area contributed by atoms with Crippen molar-refractivity contribution in [1.29, 1.82) is 0 Å². The Kier molecular flexibility index (Phi) is 6.02. The molecule has 2 saturated heterocycles. The van der Waals surface area contributed by atoms with Crippen molar-refractivity contribution in [1.82, 2.24) is 10.2 Å². The van der Waals surface area contributed by atoms with Gasteiger partial charge in [-0.05, 0) is 43.9 Å². The zero-order chi connectivity index (χ0) is 13.7. The van der Waals surface area contributed by atoms with Crippen molar-refractivity contribution in [3.05, 3.63) is 0 Å². The largest absolute Gasteiger partial charge is 0.340 e. The molecule has 1 amide bonds. The number of nitrogens with one attached hydrogen (secondary N) is 1. The summed E-state index contributed by atoms with van der Waals surface area (Å²) in [6.07, 6.45) is 6.06. The van der Waals surface area contributed by atoms with Gasteiger partial charge in [-0.25, -0.2) is 0 Å². The predicted molar refractivity (Wildman–Crippen MR) is 82.5 cm³/mol. The van der Waals surface area contributed by atoms with Crippen LogP contribution in [0.1, 0.15) is 46.0 Å². The molecule has 2 aliphatic rings. The first kappa shape index (κ1) is 15.2. The summed E-state index contributed by atoms with van der Waals surface area (Å²) in [5.41, 5.74) is 0. The van der Waals surface area contributed by atoms with Gasteiger partial charge in [0.2, 0.25) is 5.91 Å². The van der Waals surface area contributed by atoms with Crippen molar-refractivity contribution >= 4 is 17.7 Å². The normalized spacial score (nSPS) is 27.7. The Morgan fingerprint density at radius 2 is 2.16 bits per heavy atom. The van der Waals surface area contributed by atoms with Crippen molar-refractivity contribution < 1.29 is 4.79 Å². The van der Waals surface area contributed by atoms with E-state index in [0.29, 0.717) is 17.9 Å². The Morgan fingerprint density at radius 1 is 1.32 bits per heavy atom. The third-order valence-electron chi connectivity index (χ3n) is 3.96. The van der Waals surface area contributed by atoms with E-state index >= 15 is 0 Å². The minimum absolute atomic E-state index is 0.230. The lowest BCUT2D eigenvalue weighted by Crippen LogP contribution is -2.46. The number of hydrogen-bond acceptors (Lipinski definition) is 3. The summed E-state index contributed by atoms with van der Waals surface area (Å²) in [4.78, 5) is 14.8. The van der Waals surface area contributed by atoms with Gasteiger partial charge in [0, 0.05) is 19.1 Å². The molecular weight excluding hydrogens is 256 g/mol. The van der Waals surface area contributed by atoms with E-state index < -0.39 is 0 Å². The maximum atomic E-state index is 12.7. The molecule has 0 aromatic carbocycles. The molecule has 0 bridgehead atoms. The third-order valence-corrected chi connectivity index (χ3v) is 5.32. The Morgan fingerprint density at radius 3 is 2.74 bits per heavy atom. The molecule has 4 heteroatoms. The molecular formula is C15H28N2OS. The van der Waals surface area contributed by atoms with Gasteiger partial charge in [-0.2, -0.15) is 0 Å².